The second-order valence-electron chi connectivity index (χ2n) is 4.38. The molecular weight excluding hydrogens is 247 g/mol. The maximum atomic E-state index is 12.9. The van der Waals surface area contributed by atoms with Gasteiger partial charge in [0.15, 0.2) is 0 Å². The molecule has 98 valence electrons. The lowest BCUT2D eigenvalue weighted by molar-refractivity contribution is 0.0903. The van der Waals surface area contributed by atoms with Crippen LogP contribution in [0.1, 0.15) is 16.7 Å². The first-order chi connectivity index (χ1) is 9.19. The van der Waals surface area contributed by atoms with E-state index in [4.69, 9.17) is 0 Å². The first-order valence-electron chi connectivity index (χ1n) is 6.00. The lowest BCUT2D eigenvalue weighted by atomic mass is 10.1. The molecule has 6 heteroatoms. The summed E-state index contributed by atoms with van der Waals surface area (Å²) in [5.41, 5.74) is 1.95. The Morgan fingerprint density at radius 1 is 1.42 bits per heavy atom. The number of hydrogen-bond acceptors (Lipinski definition) is 3. The molecule has 1 unspecified atom stereocenters. The number of nitrogens with one attached hydrogen (secondary N) is 2. The van der Waals surface area contributed by atoms with E-state index in [9.17, 15) is 9.18 Å². The highest BCUT2D eigenvalue weighted by Gasteiger charge is 2.26. The monoisotopic (exact) mass is 260 g/mol. The molecule has 0 bridgehead atoms. The summed E-state index contributed by atoms with van der Waals surface area (Å²) < 4.78 is 14.6. The van der Waals surface area contributed by atoms with E-state index in [1.165, 1.54) is 12.1 Å². The van der Waals surface area contributed by atoms with Crippen molar-refractivity contribution in [3.05, 3.63) is 41.8 Å². The predicted molar refractivity (Wildman–Crippen MR) is 68.1 cm³/mol. The number of carbonyl (C=O) groups excluding carboxylic acids is 1. The molecule has 2 N–H and O–H groups in total. The fourth-order valence-corrected chi connectivity index (χ4v) is 2.15. The number of benzene rings is 1. The van der Waals surface area contributed by atoms with E-state index in [0.29, 0.717) is 17.9 Å². The van der Waals surface area contributed by atoms with Crippen LogP contribution in [0.5, 0.6) is 0 Å². The molecule has 0 radical (unpaired) electrons. The molecule has 1 atom stereocenters. The lowest BCUT2D eigenvalue weighted by Gasteiger charge is -2.23. The van der Waals surface area contributed by atoms with Gasteiger partial charge in [0.2, 0.25) is 0 Å². The SMILES string of the molecule is CNC1CNC(=O)c2cc(-c3ccc(F)cc3)nn21. The minimum atomic E-state index is -0.293. The van der Waals surface area contributed by atoms with Crippen molar-refractivity contribution in [1.82, 2.24) is 20.4 Å². The standard InChI is InChI=1S/C13H13FN4O/c1-15-12-7-16-13(19)11-6-10(17-18(11)12)8-2-4-9(14)5-3-8/h2-6,12,15H,7H2,1H3,(H,16,19). The van der Waals surface area contributed by atoms with Crippen LogP contribution in [0.25, 0.3) is 11.3 Å². The molecule has 1 amide bonds. The van der Waals surface area contributed by atoms with Crippen molar-refractivity contribution in [3.63, 3.8) is 0 Å². The lowest BCUT2D eigenvalue weighted by Crippen LogP contribution is -2.44. The summed E-state index contributed by atoms with van der Waals surface area (Å²) in [6.07, 6.45) is -0.0677. The van der Waals surface area contributed by atoms with E-state index >= 15 is 0 Å². The van der Waals surface area contributed by atoms with Crippen LogP contribution < -0.4 is 10.6 Å². The Labute approximate surface area is 109 Å². The molecule has 19 heavy (non-hydrogen) atoms. The summed E-state index contributed by atoms with van der Waals surface area (Å²) in [5, 5.41) is 10.3. The molecule has 3 rings (SSSR count). The summed E-state index contributed by atoms with van der Waals surface area (Å²) in [6.45, 7) is 0.493. The van der Waals surface area contributed by atoms with Crippen LogP contribution in [0, 0.1) is 5.82 Å². The van der Waals surface area contributed by atoms with Crippen molar-refractivity contribution in [2.24, 2.45) is 0 Å². The molecule has 5 nitrogen and oxygen atoms in total. The average Bonchev–Trinajstić information content (AvgIpc) is 2.86. The number of fused-ring (bicyclic) bond motifs is 1. The van der Waals surface area contributed by atoms with E-state index in [1.807, 2.05) is 7.05 Å². The van der Waals surface area contributed by atoms with Crippen LogP contribution in [0.4, 0.5) is 4.39 Å². The van der Waals surface area contributed by atoms with Gasteiger partial charge in [0.1, 0.15) is 17.7 Å². The zero-order chi connectivity index (χ0) is 13.4. The van der Waals surface area contributed by atoms with E-state index < -0.39 is 0 Å². The number of amides is 1. The van der Waals surface area contributed by atoms with Crippen molar-refractivity contribution >= 4 is 5.91 Å². The summed E-state index contributed by atoms with van der Waals surface area (Å²) in [4.78, 5) is 11.8. The van der Waals surface area contributed by atoms with Crippen LogP contribution in [0.2, 0.25) is 0 Å². The fourth-order valence-electron chi connectivity index (χ4n) is 2.15. The first kappa shape index (κ1) is 11.9. The van der Waals surface area contributed by atoms with E-state index in [-0.39, 0.29) is 17.9 Å². The Morgan fingerprint density at radius 3 is 2.84 bits per heavy atom. The molecule has 1 aliphatic rings. The van der Waals surface area contributed by atoms with E-state index in [2.05, 4.69) is 15.7 Å². The number of halogens is 1. The minimum absolute atomic E-state index is 0.0677. The highest BCUT2D eigenvalue weighted by molar-refractivity contribution is 5.94. The Hall–Kier alpha value is -2.21. The van der Waals surface area contributed by atoms with Crippen molar-refractivity contribution in [1.29, 1.82) is 0 Å². The Morgan fingerprint density at radius 2 is 2.16 bits per heavy atom. The van der Waals surface area contributed by atoms with Gasteiger partial charge in [-0.25, -0.2) is 9.07 Å². The molecule has 1 aliphatic heterocycles. The molecule has 0 saturated carbocycles. The zero-order valence-electron chi connectivity index (χ0n) is 10.4. The molecule has 1 aromatic heterocycles. The topological polar surface area (TPSA) is 58.9 Å². The smallest absolute Gasteiger partial charge is 0.269 e. The van der Waals surface area contributed by atoms with Gasteiger partial charge in [0.25, 0.3) is 5.91 Å². The third kappa shape index (κ3) is 2.00. The van der Waals surface area contributed by atoms with Crippen molar-refractivity contribution in [2.75, 3.05) is 13.6 Å². The van der Waals surface area contributed by atoms with Crippen molar-refractivity contribution in [2.45, 2.75) is 6.17 Å². The number of carbonyl (C=O) groups is 1. The Bertz CT molecular complexity index is 620. The second-order valence-corrected chi connectivity index (χ2v) is 4.38. The summed E-state index contributed by atoms with van der Waals surface area (Å²) in [7, 11) is 1.81. The van der Waals surface area contributed by atoms with Crippen molar-refractivity contribution in [3.8, 4) is 11.3 Å². The highest BCUT2D eigenvalue weighted by Crippen LogP contribution is 2.22. The van der Waals surface area contributed by atoms with Gasteiger partial charge in [0, 0.05) is 5.56 Å². The van der Waals surface area contributed by atoms with Crippen molar-refractivity contribution < 1.29 is 9.18 Å². The quantitative estimate of drug-likeness (QED) is 0.851. The number of aromatic nitrogens is 2. The predicted octanol–water partition coefficient (Wildman–Crippen LogP) is 1.15. The maximum Gasteiger partial charge on any atom is 0.269 e. The highest BCUT2D eigenvalue weighted by atomic mass is 19.1. The van der Waals surface area contributed by atoms with Gasteiger partial charge in [-0.1, -0.05) is 0 Å². The molecule has 1 aromatic carbocycles. The molecular formula is C13H13FN4O. The van der Waals surface area contributed by atoms with Crippen LogP contribution in [0.3, 0.4) is 0 Å². The molecule has 0 aliphatic carbocycles. The minimum Gasteiger partial charge on any atom is -0.347 e. The zero-order valence-corrected chi connectivity index (χ0v) is 10.4. The molecule has 2 aromatic rings. The number of rotatable bonds is 2. The van der Waals surface area contributed by atoms with Crippen LogP contribution in [-0.2, 0) is 0 Å². The molecule has 0 saturated heterocycles. The second kappa shape index (κ2) is 4.47. The normalized spacial score (nSPS) is 18.0. The molecule has 0 fully saturated rings. The molecule has 0 spiro atoms. The fraction of sp³-hybridized carbons (Fsp3) is 0.231. The van der Waals surface area contributed by atoms with Gasteiger partial charge in [-0.3, -0.25) is 10.1 Å². The number of nitrogens with zero attached hydrogens (tertiary/aromatic N) is 2. The summed E-state index contributed by atoms with van der Waals surface area (Å²) in [6, 6.07) is 7.77. The number of hydrogen-bond donors (Lipinski definition) is 2. The van der Waals surface area contributed by atoms with Gasteiger partial charge < -0.3 is 5.32 Å². The largest absolute Gasteiger partial charge is 0.347 e. The van der Waals surface area contributed by atoms with Gasteiger partial charge in [0.05, 0.1) is 12.2 Å². The van der Waals surface area contributed by atoms with Crippen LogP contribution >= 0.6 is 0 Å². The third-order valence-corrected chi connectivity index (χ3v) is 3.19. The summed E-state index contributed by atoms with van der Waals surface area (Å²) in [5.74, 6) is -0.439. The Balaban J connectivity index is 2.05. The number of likely N-dealkylation sites (N-methyl/N-ethyl adjacent to an activating group) is 1. The van der Waals surface area contributed by atoms with Crippen LogP contribution in [0.15, 0.2) is 30.3 Å². The third-order valence-electron chi connectivity index (χ3n) is 3.19. The van der Waals surface area contributed by atoms with Gasteiger partial charge in [-0.05, 0) is 37.4 Å². The van der Waals surface area contributed by atoms with Gasteiger partial charge in [-0.15, -0.1) is 0 Å². The Kier molecular flexibility index (Phi) is 2.79. The first-order valence-corrected chi connectivity index (χ1v) is 6.00. The van der Waals surface area contributed by atoms with E-state index in [1.54, 1.807) is 22.9 Å². The van der Waals surface area contributed by atoms with Crippen LogP contribution in [-0.4, -0.2) is 29.3 Å². The summed E-state index contributed by atoms with van der Waals surface area (Å²) >= 11 is 0. The van der Waals surface area contributed by atoms with Gasteiger partial charge >= 0.3 is 0 Å². The van der Waals surface area contributed by atoms with Gasteiger partial charge in [-0.2, -0.15) is 5.10 Å². The maximum absolute atomic E-state index is 12.9. The molecule has 2 heterocycles. The average molecular weight is 260 g/mol. The van der Waals surface area contributed by atoms with E-state index in [0.717, 1.165) is 5.56 Å².